The summed E-state index contributed by atoms with van der Waals surface area (Å²) in [5, 5.41) is 3.23. The van der Waals surface area contributed by atoms with E-state index in [0.29, 0.717) is 0 Å². The zero-order chi connectivity index (χ0) is 11.3. The second kappa shape index (κ2) is 3.64. The number of pyridine rings is 1. The molecule has 0 amide bonds. The van der Waals surface area contributed by atoms with Gasteiger partial charge in [0.2, 0.25) is 0 Å². The van der Waals surface area contributed by atoms with Gasteiger partial charge in [0, 0.05) is 33.2 Å². The second-order valence-electron chi connectivity index (χ2n) is 3.86. The van der Waals surface area contributed by atoms with Gasteiger partial charge in [-0.05, 0) is 28.7 Å². The van der Waals surface area contributed by atoms with E-state index in [1.807, 2.05) is 6.07 Å². The van der Waals surface area contributed by atoms with E-state index in [4.69, 9.17) is 11.6 Å². The van der Waals surface area contributed by atoms with Crippen LogP contribution in [0.1, 0.15) is 0 Å². The molecule has 0 unspecified atom stereocenters. The minimum absolute atomic E-state index is 0.867. The lowest BCUT2D eigenvalue weighted by Gasteiger charge is -2.10. The number of aromatic nitrogens is 1. The third-order valence-electron chi connectivity index (χ3n) is 2.91. The van der Waals surface area contributed by atoms with Gasteiger partial charge in [0.05, 0.1) is 10.7 Å². The predicted molar refractivity (Wildman–Crippen MR) is 77.3 cm³/mol. The molecule has 3 rings (SSSR count). The van der Waals surface area contributed by atoms with Crippen molar-refractivity contribution in [2.24, 2.45) is 7.05 Å². The first kappa shape index (κ1) is 10.4. The highest BCUT2D eigenvalue weighted by Crippen LogP contribution is 2.43. The average molecular weight is 342 g/mol. The van der Waals surface area contributed by atoms with E-state index in [2.05, 4.69) is 64.7 Å². The number of fused-ring (bicyclic) bond motifs is 3. The standard InChI is InChI=1S/C13H9ClIN/c1-16-7-6-10(15)11-12(14)8-4-2-3-5-9(8)13(11)16/h2-7H,1H3. The van der Waals surface area contributed by atoms with Gasteiger partial charge in [-0.25, -0.2) is 0 Å². The van der Waals surface area contributed by atoms with Gasteiger partial charge in [0.25, 0.3) is 0 Å². The van der Waals surface area contributed by atoms with E-state index in [-0.39, 0.29) is 0 Å². The summed E-state index contributed by atoms with van der Waals surface area (Å²) in [5.74, 6) is 0. The number of hydrogen-bond acceptors (Lipinski definition) is 0. The number of benzene rings is 1. The Morgan fingerprint density at radius 1 is 1.12 bits per heavy atom. The molecule has 0 saturated heterocycles. The smallest absolute Gasteiger partial charge is 0.0589 e. The molecule has 0 fully saturated rings. The van der Waals surface area contributed by atoms with Crippen LogP contribution in [0.25, 0.3) is 22.0 Å². The first-order valence-electron chi connectivity index (χ1n) is 5.01. The Morgan fingerprint density at radius 3 is 2.56 bits per heavy atom. The van der Waals surface area contributed by atoms with Crippen LogP contribution in [0.4, 0.5) is 0 Å². The van der Waals surface area contributed by atoms with Crippen LogP contribution in [0.5, 0.6) is 0 Å². The third-order valence-corrected chi connectivity index (χ3v) is 4.20. The first-order valence-corrected chi connectivity index (χ1v) is 6.46. The van der Waals surface area contributed by atoms with Crippen molar-refractivity contribution in [2.45, 2.75) is 0 Å². The molecule has 0 aromatic heterocycles. The summed E-state index contributed by atoms with van der Waals surface area (Å²) in [7, 11) is 2.06. The Bertz CT molecular complexity index is 657. The molecule has 0 saturated carbocycles. The summed E-state index contributed by atoms with van der Waals surface area (Å²) in [5.41, 5.74) is 2.38. The number of rotatable bonds is 0. The number of nitrogens with zero attached hydrogens (tertiary/aromatic N) is 1. The van der Waals surface area contributed by atoms with Crippen molar-refractivity contribution in [3.05, 3.63) is 45.1 Å². The van der Waals surface area contributed by atoms with Gasteiger partial charge < -0.3 is 4.57 Å². The minimum atomic E-state index is 0.867. The maximum absolute atomic E-state index is 6.45. The van der Waals surface area contributed by atoms with Crippen LogP contribution in [-0.4, -0.2) is 4.57 Å². The van der Waals surface area contributed by atoms with E-state index in [1.165, 1.54) is 14.7 Å². The largest absolute Gasteiger partial charge is 0.350 e. The summed E-state index contributed by atoms with van der Waals surface area (Å²) in [6, 6.07) is 10.4. The molecule has 1 heterocycles. The van der Waals surface area contributed by atoms with Crippen molar-refractivity contribution in [2.75, 3.05) is 0 Å². The maximum Gasteiger partial charge on any atom is 0.0589 e. The molecule has 80 valence electrons. The van der Waals surface area contributed by atoms with Crippen molar-refractivity contribution in [1.82, 2.24) is 4.57 Å². The predicted octanol–water partition coefficient (Wildman–Crippen LogP) is 4.54. The van der Waals surface area contributed by atoms with Crippen LogP contribution in [0.15, 0.2) is 36.5 Å². The molecular weight excluding hydrogens is 333 g/mol. The van der Waals surface area contributed by atoms with Gasteiger partial charge in [-0.15, -0.1) is 0 Å². The molecule has 1 aliphatic carbocycles. The van der Waals surface area contributed by atoms with Gasteiger partial charge >= 0.3 is 0 Å². The van der Waals surface area contributed by atoms with E-state index >= 15 is 0 Å². The zero-order valence-electron chi connectivity index (χ0n) is 8.67. The minimum Gasteiger partial charge on any atom is -0.350 e. The number of hydrogen-bond donors (Lipinski definition) is 0. The normalized spacial score (nSPS) is 11.4. The van der Waals surface area contributed by atoms with Crippen molar-refractivity contribution < 1.29 is 0 Å². The molecule has 0 spiro atoms. The molecule has 0 bridgehead atoms. The fourth-order valence-electron chi connectivity index (χ4n) is 2.17. The second-order valence-corrected chi connectivity index (χ2v) is 5.40. The summed E-state index contributed by atoms with van der Waals surface area (Å²) in [4.78, 5) is 0. The monoisotopic (exact) mass is 341 g/mol. The van der Waals surface area contributed by atoms with Crippen LogP contribution in [0.3, 0.4) is 0 Å². The van der Waals surface area contributed by atoms with Crippen molar-refractivity contribution in [3.63, 3.8) is 0 Å². The fraction of sp³-hybridized carbons (Fsp3) is 0.0769. The SMILES string of the molecule is Cn1ccc(I)c2c(Cl)c3ccccc3c1-2. The molecule has 1 nitrogen and oxygen atoms in total. The number of aryl methyl sites for hydroxylation is 1. The van der Waals surface area contributed by atoms with Crippen LogP contribution < -0.4 is 0 Å². The summed E-state index contributed by atoms with van der Waals surface area (Å²) >= 11 is 8.79. The van der Waals surface area contributed by atoms with Crippen LogP contribution in [-0.2, 0) is 7.05 Å². The highest BCUT2D eigenvalue weighted by molar-refractivity contribution is 14.1. The van der Waals surface area contributed by atoms with E-state index in [9.17, 15) is 0 Å². The molecule has 1 aliphatic heterocycles. The fourth-order valence-corrected chi connectivity index (χ4v) is 3.38. The lowest BCUT2D eigenvalue weighted by Crippen LogP contribution is -1.96. The number of halogens is 2. The third kappa shape index (κ3) is 1.29. The molecule has 1 aromatic carbocycles. The molecule has 0 atom stereocenters. The molecule has 16 heavy (non-hydrogen) atoms. The Morgan fingerprint density at radius 2 is 1.81 bits per heavy atom. The summed E-state index contributed by atoms with van der Waals surface area (Å²) in [6.07, 6.45) is 2.08. The van der Waals surface area contributed by atoms with E-state index in [0.717, 1.165) is 16.0 Å². The van der Waals surface area contributed by atoms with Gasteiger partial charge in [-0.2, -0.15) is 0 Å². The van der Waals surface area contributed by atoms with E-state index < -0.39 is 0 Å². The first-order chi connectivity index (χ1) is 7.70. The molecule has 2 aliphatic rings. The van der Waals surface area contributed by atoms with Crippen LogP contribution in [0, 0.1) is 3.57 Å². The van der Waals surface area contributed by atoms with Crippen molar-refractivity contribution in [3.8, 4) is 11.3 Å². The Kier molecular flexibility index (Phi) is 2.37. The van der Waals surface area contributed by atoms with Crippen LogP contribution in [0.2, 0.25) is 5.02 Å². The molecule has 1 aromatic rings. The molecule has 3 heteroatoms. The van der Waals surface area contributed by atoms with Gasteiger partial charge in [-0.3, -0.25) is 0 Å². The Hall–Kier alpha value is -0.740. The summed E-state index contributed by atoms with van der Waals surface area (Å²) < 4.78 is 3.33. The van der Waals surface area contributed by atoms with E-state index in [1.54, 1.807) is 0 Å². The lowest BCUT2D eigenvalue weighted by molar-refractivity contribution is 0.919. The maximum atomic E-state index is 6.45. The lowest BCUT2D eigenvalue weighted by atomic mass is 10.2. The molecule has 0 radical (unpaired) electrons. The summed E-state index contributed by atoms with van der Waals surface area (Å²) in [6.45, 7) is 0. The average Bonchev–Trinajstić information content (AvgIpc) is 2.60. The topological polar surface area (TPSA) is 4.93 Å². The van der Waals surface area contributed by atoms with Crippen molar-refractivity contribution in [1.29, 1.82) is 0 Å². The van der Waals surface area contributed by atoms with Crippen molar-refractivity contribution >= 4 is 45.0 Å². The highest BCUT2D eigenvalue weighted by Gasteiger charge is 2.20. The Balaban J connectivity index is 2.63. The molecule has 0 N–H and O–H groups in total. The van der Waals surface area contributed by atoms with Crippen LogP contribution >= 0.6 is 34.2 Å². The van der Waals surface area contributed by atoms with Gasteiger partial charge in [-0.1, -0.05) is 35.9 Å². The Labute approximate surface area is 112 Å². The highest BCUT2D eigenvalue weighted by atomic mass is 127. The quantitative estimate of drug-likeness (QED) is 0.529. The van der Waals surface area contributed by atoms with Gasteiger partial charge in [0.1, 0.15) is 0 Å². The molecular formula is C13H9ClIN. The zero-order valence-corrected chi connectivity index (χ0v) is 11.6. The van der Waals surface area contributed by atoms with Gasteiger partial charge in [0.15, 0.2) is 0 Å².